The lowest BCUT2D eigenvalue weighted by atomic mass is 10.1. The van der Waals surface area contributed by atoms with Crippen LogP contribution in [0.2, 0.25) is 0 Å². The number of rotatable bonds is 10. The van der Waals surface area contributed by atoms with E-state index in [2.05, 4.69) is 86.8 Å². The first kappa shape index (κ1) is 45.4. The highest BCUT2D eigenvalue weighted by Gasteiger charge is 2.58. The fourth-order valence-corrected chi connectivity index (χ4v) is 11.6. The van der Waals surface area contributed by atoms with Crippen molar-refractivity contribution in [1.29, 1.82) is 0 Å². The molecule has 0 aromatic carbocycles. The molecular weight excluding hydrogens is 860 g/mol. The Labute approximate surface area is 390 Å². The fraction of sp³-hybridized carbons (Fsp3) is 0.574. The smallest absolute Gasteiger partial charge is 0.410 e. The zero-order valence-electron chi connectivity index (χ0n) is 38.7. The van der Waals surface area contributed by atoms with Gasteiger partial charge in [-0.1, -0.05) is 6.42 Å². The highest BCUT2D eigenvalue weighted by Crippen LogP contribution is 2.58. The Hall–Kier alpha value is -5.75. The molecule has 3 unspecified atom stereocenters. The number of anilines is 3. The van der Waals surface area contributed by atoms with Gasteiger partial charge in [-0.15, -0.1) is 12.4 Å². The van der Waals surface area contributed by atoms with Gasteiger partial charge in [0.15, 0.2) is 0 Å². The maximum absolute atomic E-state index is 12.2. The molecule has 4 N–H and O–H groups in total. The number of nitrogens with one attached hydrogen (secondary N) is 3. The molecule has 2 amide bonds. The number of amides is 2. The molecule has 6 aromatic rings. The number of fused-ring (bicyclic) bond motifs is 6. The van der Waals surface area contributed by atoms with Crippen LogP contribution in [0.5, 0.6) is 0 Å². The van der Waals surface area contributed by atoms with Crippen LogP contribution < -0.4 is 14.7 Å². The molecule has 0 spiro atoms. The van der Waals surface area contributed by atoms with E-state index in [-0.39, 0.29) is 31.0 Å². The van der Waals surface area contributed by atoms with Gasteiger partial charge in [-0.25, -0.2) is 34.7 Å². The van der Waals surface area contributed by atoms with Gasteiger partial charge in [-0.05, 0) is 105 Å². The van der Waals surface area contributed by atoms with Crippen molar-refractivity contribution in [3.63, 3.8) is 0 Å². The van der Waals surface area contributed by atoms with Crippen LogP contribution in [-0.2, 0) is 9.53 Å². The molecule has 4 saturated carbocycles. The quantitative estimate of drug-likeness (QED) is 0.135. The molecule has 0 bridgehead atoms. The number of aromatic nitrogens is 9. The van der Waals surface area contributed by atoms with Crippen molar-refractivity contribution in [2.24, 2.45) is 53.3 Å². The van der Waals surface area contributed by atoms with Crippen LogP contribution in [0.15, 0.2) is 55.8 Å². The minimum Gasteiger partial charge on any atom is -0.444 e. The summed E-state index contributed by atoms with van der Waals surface area (Å²) in [6.45, 7) is 11.6. The number of hydrogen-bond acceptors (Lipinski definition) is 13. The SMILES string of the molecule is CN(CC1[C@H]2CCC[C@@H]12)c1ncnc2[nH]ccc12.CN(CC1[C@H]2CN(C(=O)CO)C[C@@H]12)c1ncnc2[nH]ccc12.CN(CC1[C@H]2CN(C(=O)OC(C)(C)C)C[C@@H]12)c1ncnc2[nH]ccc12.Cl. The van der Waals surface area contributed by atoms with E-state index in [0.29, 0.717) is 35.5 Å². The minimum atomic E-state index is -0.432. The number of aromatic amines is 3. The predicted octanol–water partition coefficient (Wildman–Crippen LogP) is 5.46. The molecule has 12 rings (SSSR count). The molecule has 66 heavy (non-hydrogen) atoms. The Balaban J connectivity index is 0.000000125. The molecule has 2 aliphatic heterocycles. The van der Waals surface area contributed by atoms with Gasteiger partial charge in [0.1, 0.15) is 65.6 Å². The van der Waals surface area contributed by atoms with Crippen molar-refractivity contribution >= 4 is 75.0 Å². The van der Waals surface area contributed by atoms with Gasteiger partial charge < -0.3 is 49.3 Å². The lowest BCUT2D eigenvalue weighted by Crippen LogP contribution is -2.37. The number of H-pyrrole nitrogens is 3. The van der Waals surface area contributed by atoms with Crippen LogP contribution in [0.4, 0.5) is 22.2 Å². The number of halogens is 1. The van der Waals surface area contributed by atoms with Crippen LogP contribution in [0.25, 0.3) is 33.1 Å². The number of carbonyl (C=O) groups excluding carboxylic acids is 2. The summed E-state index contributed by atoms with van der Waals surface area (Å²) in [5.41, 5.74) is 2.22. The minimum absolute atomic E-state index is 0. The molecule has 4 aliphatic carbocycles. The van der Waals surface area contributed by atoms with Crippen molar-refractivity contribution in [3.05, 3.63) is 55.8 Å². The molecule has 19 heteroatoms. The normalized spacial score (nSPS) is 26.3. The van der Waals surface area contributed by atoms with Crippen molar-refractivity contribution in [1.82, 2.24) is 54.7 Å². The molecular formula is C47H63ClN14O4. The Morgan fingerprint density at radius 1 is 0.621 bits per heavy atom. The van der Waals surface area contributed by atoms with Gasteiger partial charge in [0.2, 0.25) is 5.91 Å². The lowest BCUT2D eigenvalue weighted by molar-refractivity contribution is -0.133. The number of piperidine rings is 2. The van der Waals surface area contributed by atoms with E-state index in [1.807, 2.05) is 56.4 Å². The first-order chi connectivity index (χ1) is 31.4. The van der Waals surface area contributed by atoms with Crippen LogP contribution in [0.3, 0.4) is 0 Å². The number of aliphatic hydroxyl groups is 1. The van der Waals surface area contributed by atoms with Gasteiger partial charge in [0.05, 0.1) is 16.2 Å². The number of aliphatic hydroxyl groups excluding tert-OH is 1. The second-order valence-corrected chi connectivity index (χ2v) is 20.2. The van der Waals surface area contributed by atoms with Crippen molar-refractivity contribution in [2.75, 3.05) is 88.3 Å². The Morgan fingerprint density at radius 2 is 0.985 bits per heavy atom. The molecule has 6 fully saturated rings. The van der Waals surface area contributed by atoms with Gasteiger partial charge in [-0.2, -0.15) is 0 Å². The number of ether oxygens (including phenoxy) is 1. The second kappa shape index (κ2) is 18.1. The Morgan fingerprint density at radius 3 is 1.35 bits per heavy atom. The molecule has 6 aliphatic rings. The van der Waals surface area contributed by atoms with E-state index >= 15 is 0 Å². The molecule has 2 saturated heterocycles. The molecule has 0 radical (unpaired) electrons. The van der Waals surface area contributed by atoms with E-state index in [1.54, 1.807) is 23.9 Å². The largest absolute Gasteiger partial charge is 0.444 e. The van der Waals surface area contributed by atoms with Crippen LogP contribution in [0, 0.1) is 53.3 Å². The third kappa shape index (κ3) is 9.05. The summed E-state index contributed by atoms with van der Waals surface area (Å²) in [5.74, 6) is 9.28. The fourth-order valence-electron chi connectivity index (χ4n) is 11.6. The summed E-state index contributed by atoms with van der Waals surface area (Å²) >= 11 is 0. The van der Waals surface area contributed by atoms with E-state index in [0.717, 1.165) is 114 Å². The van der Waals surface area contributed by atoms with Crippen LogP contribution in [-0.4, -0.2) is 151 Å². The topological polar surface area (TPSA) is 205 Å². The van der Waals surface area contributed by atoms with Crippen molar-refractivity contribution in [3.8, 4) is 0 Å². The summed E-state index contributed by atoms with van der Waals surface area (Å²) in [5, 5.41) is 12.1. The van der Waals surface area contributed by atoms with E-state index in [1.165, 1.54) is 19.3 Å². The third-order valence-electron chi connectivity index (χ3n) is 15.0. The summed E-state index contributed by atoms with van der Waals surface area (Å²) in [4.78, 5) is 69.4. The van der Waals surface area contributed by atoms with E-state index < -0.39 is 5.60 Å². The van der Waals surface area contributed by atoms with Crippen molar-refractivity contribution < 1.29 is 19.4 Å². The molecule has 352 valence electrons. The van der Waals surface area contributed by atoms with E-state index in [4.69, 9.17) is 9.84 Å². The lowest BCUT2D eigenvalue weighted by Gasteiger charge is -2.26. The van der Waals surface area contributed by atoms with E-state index in [9.17, 15) is 9.59 Å². The van der Waals surface area contributed by atoms with Crippen LogP contribution in [0.1, 0.15) is 40.0 Å². The number of likely N-dealkylation sites (tertiary alicyclic amines) is 2. The van der Waals surface area contributed by atoms with Crippen molar-refractivity contribution in [2.45, 2.75) is 45.6 Å². The summed E-state index contributed by atoms with van der Waals surface area (Å²) < 4.78 is 5.47. The third-order valence-corrected chi connectivity index (χ3v) is 15.0. The molecule has 8 heterocycles. The summed E-state index contributed by atoms with van der Waals surface area (Å²) in [6, 6.07) is 6.07. The summed E-state index contributed by atoms with van der Waals surface area (Å²) in [7, 11) is 6.29. The monoisotopic (exact) mass is 922 g/mol. The highest BCUT2D eigenvalue weighted by molar-refractivity contribution is 5.88. The number of nitrogens with zero attached hydrogens (tertiary/aromatic N) is 11. The molecule has 18 nitrogen and oxygen atoms in total. The summed E-state index contributed by atoms with van der Waals surface area (Å²) in [6.07, 6.45) is 14.7. The van der Waals surface area contributed by atoms with Gasteiger partial charge in [0.25, 0.3) is 0 Å². The van der Waals surface area contributed by atoms with Crippen LogP contribution >= 0.6 is 12.4 Å². The first-order valence-electron chi connectivity index (χ1n) is 23.2. The zero-order chi connectivity index (χ0) is 45.1. The standard InChI is InChI=1S/C18H25N5O2.C15H19N5O2.C14H18N4.ClH/c1-18(2,3)25-17(24)23-8-13-12(14(13)9-23)7-22(4)16-11-5-6-19-15(11)20-10-21-16;1-19(15-9-2-3-16-14(9)17-8-18-15)4-10-11-5-20(6-12(10)11)13(22)7-21;1-18(7-12-9-3-2-4-10(9)12)14-11-5-6-15-13(11)16-8-17-14;/h5-6,10,12-14H,7-9H2,1-4H3,(H,19,20,21);2-3,8,10-12,21H,4-7H2,1H3,(H,16,17,18);5-6,8-10,12H,2-4,7H2,1H3,(H,15,16,17);1H/t12?,13-,14+;10?,11-,12+;9-,10+,12?;. The highest BCUT2D eigenvalue weighted by atomic mass is 35.5. The van der Waals surface area contributed by atoms with Gasteiger partial charge >= 0.3 is 6.09 Å². The maximum atomic E-state index is 12.2. The molecule has 6 aromatic heterocycles. The maximum Gasteiger partial charge on any atom is 0.410 e. The number of carbonyl (C=O) groups is 2. The average molecular weight is 924 g/mol. The Bertz CT molecular complexity index is 2630. The Kier molecular flexibility index (Phi) is 12.5. The first-order valence-corrected chi connectivity index (χ1v) is 23.2. The second-order valence-electron chi connectivity index (χ2n) is 20.2. The molecule has 9 atom stereocenters. The average Bonchev–Trinajstić information content (AvgIpc) is 3.87. The van der Waals surface area contributed by atoms with Gasteiger partial charge in [0, 0.05) is 85.5 Å². The predicted molar refractivity (Wildman–Crippen MR) is 255 cm³/mol. The van der Waals surface area contributed by atoms with Gasteiger partial charge in [-0.3, -0.25) is 4.79 Å². The number of hydrogen-bond donors (Lipinski definition) is 4. The zero-order valence-corrected chi connectivity index (χ0v) is 39.5.